The fourth-order valence-corrected chi connectivity index (χ4v) is 0. The van der Waals surface area contributed by atoms with Crippen LogP contribution in [0.15, 0.2) is 0 Å². The summed E-state index contributed by atoms with van der Waals surface area (Å²) in [5.41, 5.74) is 0. The first kappa shape index (κ1) is 167. The van der Waals surface area contributed by atoms with Crippen LogP contribution in [0.1, 0.15) is 1.43 Å². The van der Waals surface area contributed by atoms with Gasteiger partial charge in [0, 0.05) is 0 Å². The van der Waals surface area contributed by atoms with Gasteiger partial charge in [-0.1, -0.05) is 0 Å². The molecule has 0 aromatic heterocycles. The Labute approximate surface area is 92.4 Å². The van der Waals surface area contributed by atoms with Crippen LogP contribution >= 0.6 is 13.5 Å². The summed E-state index contributed by atoms with van der Waals surface area (Å²) in [5, 5.41) is 0. The molecule has 0 atom stereocenters. The van der Waals surface area contributed by atoms with E-state index in [1.165, 1.54) is 0 Å². The van der Waals surface area contributed by atoms with Crippen molar-refractivity contribution in [3.8, 4) is 0 Å². The third-order valence-corrected chi connectivity index (χ3v) is 0. The molecule has 0 amide bonds. The summed E-state index contributed by atoms with van der Waals surface area (Å²) in [5.74, 6) is 0. The van der Waals surface area contributed by atoms with Gasteiger partial charge >= 0.3 is 51.4 Å². The average molecular weight is 164 g/mol. The number of rotatable bonds is 0. The van der Waals surface area contributed by atoms with Crippen molar-refractivity contribution in [2.75, 3.05) is 0 Å². The normalized spacial score (nSPS) is 0. The zero-order valence-corrected chi connectivity index (χ0v) is 8.12. The van der Waals surface area contributed by atoms with E-state index in [9.17, 15) is 0 Å². The van der Waals surface area contributed by atoms with E-state index in [4.69, 9.17) is 0 Å². The Morgan fingerprint density at radius 3 is 0.571 bits per heavy atom. The third kappa shape index (κ3) is 81.7. The molecular formula is H13KO5S. The van der Waals surface area contributed by atoms with Crippen LogP contribution in [0.4, 0.5) is 0 Å². The second kappa shape index (κ2) is 112. The van der Waals surface area contributed by atoms with E-state index in [0.29, 0.717) is 0 Å². The Morgan fingerprint density at radius 2 is 0.571 bits per heavy atom. The van der Waals surface area contributed by atoms with Crippen LogP contribution in [0.25, 0.3) is 0 Å². The van der Waals surface area contributed by atoms with Crippen molar-refractivity contribution in [3.63, 3.8) is 0 Å². The quantitative estimate of drug-likeness (QED) is 0.312. The third-order valence-electron chi connectivity index (χ3n) is 0. The molecule has 10 N–H and O–H groups in total. The summed E-state index contributed by atoms with van der Waals surface area (Å²) in [6.45, 7) is 0. The summed E-state index contributed by atoms with van der Waals surface area (Å²) in [7, 11) is 0. The minimum Gasteiger partial charge on any atom is -1.00 e. The molecule has 7 heavy (non-hydrogen) atoms. The van der Waals surface area contributed by atoms with Gasteiger partial charge in [0.1, 0.15) is 0 Å². The summed E-state index contributed by atoms with van der Waals surface area (Å²) < 4.78 is 0. The summed E-state index contributed by atoms with van der Waals surface area (Å²) in [6, 6.07) is 0. The van der Waals surface area contributed by atoms with Crippen molar-refractivity contribution >= 4 is 13.5 Å². The Bertz CT molecular complexity index is 12.4. The molecule has 0 heterocycles. The Kier molecular flexibility index (Phi) is 2680. The van der Waals surface area contributed by atoms with Gasteiger partial charge in [0.05, 0.1) is 0 Å². The van der Waals surface area contributed by atoms with E-state index in [1.807, 2.05) is 0 Å². The fraction of sp³-hybridized carbons (Fsp3) is 0. The van der Waals surface area contributed by atoms with Gasteiger partial charge < -0.3 is 28.8 Å². The van der Waals surface area contributed by atoms with E-state index >= 15 is 0 Å². The first-order valence-electron chi connectivity index (χ1n) is 0. The maximum Gasteiger partial charge on any atom is 1.00 e. The maximum absolute atomic E-state index is 0. The molecule has 0 radical (unpaired) electrons. The molecule has 0 saturated heterocycles. The largest absolute Gasteiger partial charge is 1.00 e. The summed E-state index contributed by atoms with van der Waals surface area (Å²) >= 11 is 0. The first-order chi connectivity index (χ1) is 0. The van der Waals surface area contributed by atoms with Gasteiger partial charge in [-0.25, -0.2) is 0 Å². The van der Waals surface area contributed by atoms with Gasteiger partial charge in [-0.15, -0.1) is 0 Å². The van der Waals surface area contributed by atoms with Crippen LogP contribution in [0.2, 0.25) is 0 Å². The Hall–Kier alpha value is 1.79. The van der Waals surface area contributed by atoms with Crippen molar-refractivity contribution in [2.24, 2.45) is 0 Å². The van der Waals surface area contributed by atoms with Gasteiger partial charge in [-0.05, 0) is 0 Å². The van der Waals surface area contributed by atoms with Crippen LogP contribution in [0.5, 0.6) is 0 Å². The zero-order valence-electron chi connectivity index (χ0n) is 5.00. The molecule has 5 nitrogen and oxygen atoms in total. The smallest absolute Gasteiger partial charge is 1.00 e. The molecule has 0 unspecified atom stereocenters. The molecular weight excluding hydrogens is 151 g/mol. The molecule has 0 bridgehead atoms. The molecule has 50 valence electrons. The summed E-state index contributed by atoms with van der Waals surface area (Å²) in [6.07, 6.45) is 0. The molecule has 0 aliphatic rings. The standard InChI is InChI=1S/K.5H2O.H2S.H/h;6*1H2;/q+1;;;;;;;-1. The van der Waals surface area contributed by atoms with Crippen molar-refractivity contribution in [2.45, 2.75) is 0 Å². The Balaban J connectivity index is 0. The molecule has 0 saturated carbocycles. The molecule has 0 aromatic carbocycles. The monoisotopic (exact) mass is 164 g/mol. The predicted octanol–water partition coefficient (Wildman–Crippen LogP) is -6.89. The second-order valence-corrected chi connectivity index (χ2v) is 0. The van der Waals surface area contributed by atoms with Crippen LogP contribution in [0, 0.1) is 0 Å². The molecule has 0 aromatic rings. The van der Waals surface area contributed by atoms with Gasteiger partial charge in [0.2, 0.25) is 0 Å². The molecule has 0 aliphatic heterocycles. The topological polar surface area (TPSA) is 158 Å². The van der Waals surface area contributed by atoms with E-state index in [2.05, 4.69) is 0 Å². The number of hydrogen-bond donors (Lipinski definition) is 0. The van der Waals surface area contributed by atoms with Crippen molar-refractivity contribution in [3.05, 3.63) is 0 Å². The van der Waals surface area contributed by atoms with E-state index in [1.54, 1.807) is 0 Å². The van der Waals surface area contributed by atoms with Crippen LogP contribution < -0.4 is 51.4 Å². The minimum atomic E-state index is 0. The Morgan fingerprint density at radius 1 is 0.571 bits per heavy atom. The molecule has 0 rings (SSSR count). The van der Waals surface area contributed by atoms with Crippen molar-refractivity contribution in [1.82, 2.24) is 0 Å². The second-order valence-electron chi connectivity index (χ2n) is 0. The van der Waals surface area contributed by atoms with Gasteiger partial charge in [-0.3, -0.25) is 0 Å². The van der Waals surface area contributed by atoms with Gasteiger partial charge in [0.25, 0.3) is 0 Å². The fourth-order valence-electron chi connectivity index (χ4n) is 0. The van der Waals surface area contributed by atoms with Crippen LogP contribution in [-0.4, -0.2) is 27.4 Å². The molecule has 7 heteroatoms. The van der Waals surface area contributed by atoms with E-state index < -0.39 is 0 Å². The minimum absolute atomic E-state index is 0. The predicted molar refractivity (Wildman–Crippen MR) is 29.6 cm³/mol. The average Bonchev–Trinajstić information content (AvgIpc) is 0. The maximum atomic E-state index is 0. The van der Waals surface area contributed by atoms with Crippen LogP contribution in [-0.2, 0) is 0 Å². The van der Waals surface area contributed by atoms with Crippen molar-refractivity contribution in [1.29, 1.82) is 0 Å². The van der Waals surface area contributed by atoms with Crippen molar-refractivity contribution < 1.29 is 80.2 Å². The zero-order chi connectivity index (χ0) is 0. The molecule has 0 spiro atoms. The molecule has 0 aliphatic carbocycles. The van der Waals surface area contributed by atoms with E-state index in [-0.39, 0.29) is 93.7 Å². The first-order valence-corrected chi connectivity index (χ1v) is 0. The van der Waals surface area contributed by atoms with E-state index in [0.717, 1.165) is 0 Å². The SMILES string of the molecule is O.O.O.O.O.S.[H-].[K+]. The van der Waals surface area contributed by atoms with Gasteiger partial charge in [0.15, 0.2) is 0 Å². The van der Waals surface area contributed by atoms with Gasteiger partial charge in [-0.2, -0.15) is 13.5 Å². The van der Waals surface area contributed by atoms with Crippen LogP contribution in [0.3, 0.4) is 0 Å². The number of hydrogen-bond acceptors (Lipinski definition) is 0. The molecule has 0 fully saturated rings. The summed E-state index contributed by atoms with van der Waals surface area (Å²) in [4.78, 5) is 0.